The number of benzene rings is 3. The Morgan fingerprint density at radius 3 is 2.27 bits per heavy atom. The Kier molecular flexibility index (Phi) is 8.04. The minimum absolute atomic E-state index is 0.0326. The Morgan fingerprint density at radius 2 is 1.65 bits per heavy atom. The first kappa shape index (κ1) is 26.1. The van der Waals surface area contributed by atoms with E-state index in [1.165, 1.54) is 12.0 Å². The third-order valence-corrected chi connectivity index (χ3v) is 6.21. The van der Waals surface area contributed by atoms with E-state index in [0.717, 1.165) is 6.42 Å². The maximum absolute atomic E-state index is 13.4. The quantitative estimate of drug-likeness (QED) is 0.206. The molecule has 1 fully saturated rings. The van der Waals surface area contributed by atoms with Gasteiger partial charge in [-0.05, 0) is 79.6 Å². The predicted octanol–water partition coefficient (Wildman–Crippen LogP) is 6.16. The largest absolute Gasteiger partial charge is 0.507 e. The summed E-state index contributed by atoms with van der Waals surface area (Å²) < 4.78 is 16.8. The van der Waals surface area contributed by atoms with Crippen molar-refractivity contribution in [1.29, 1.82) is 0 Å². The van der Waals surface area contributed by atoms with E-state index >= 15 is 0 Å². The maximum atomic E-state index is 13.4. The molecule has 1 atom stereocenters. The van der Waals surface area contributed by atoms with Gasteiger partial charge in [-0.15, -0.1) is 0 Å². The second-order valence-electron chi connectivity index (χ2n) is 8.36. The predicted molar refractivity (Wildman–Crippen MR) is 143 cm³/mol. The van der Waals surface area contributed by atoms with Gasteiger partial charge in [0.05, 0.1) is 31.9 Å². The fourth-order valence-electron chi connectivity index (χ4n) is 4.23. The highest BCUT2D eigenvalue weighted by Crippen LogP contribution is 2.44. The molecule has 1 heterocycles. The topological polar surface area (TPSA) is 85.3 Å². The number of halogens is 1. The van der Waals surface area contributed by atoms with Crippen molar-refractivity contribution in [1.82, 2.24) is 0 Å². The van der Waals surface area contributed by atoms with Crippen LogP contribution in [0.15, 0.2) is 72.3 Å². The van der Waals surface area contributed by atoms with E-state index < -0.39 is 17.7 Å². The molecule has 37 heavy (non-hydrogen) atoms. The number of carbonyl (C=O) groups is 2. The van der Waals surface area contributed by atoms with Crippen LogP contribution in [-0.2, 0) is 9.59 Å². The van der Waals surface area contributed by atoms with Crippen LogP contribution in [-0.4, -0.2) is 37.1 Å². The van der Waals surface area contributed by atoms with Crippen LogP contribution in [0.2, 0.25) is 5.02 Å². The standard InChI is InChI=1S/C29H28ClNO6/c1-4-16-37-22-13-6-18(7-14-22)27(32)25-26(19-8-15-23(35-3)24(17-19)36-5-2)31(29(34)28(25)33)21-11-9-20(30)10-12-21/h6-15,17,26,32H,4-5,16H2,1-3H3/b27-25-. The summed E-state index contributed by atoms with van der Waals surface area (Å²) in [5, 5.41) is 11.8. The van der Waals surface area contributed by atoms with Crippen molar-refractivity contribution < 1.29 is 28.9 Å². The fourth-order valence-corrected chi connectivity index (χ4v) is 4.36. The number of hydrogen-bond acceptors (Lipinski definition) is 6. The molecule has 3 aromatic carbocycles. The molecule has 3 aromatic rings. The summed E-state index contributed by atoms with van der Waals surface area (Å²) in [6.07, 6.45) is 0.863. The SMILES string of the molecule is CCCOc1ccc(/C(O)=C2/C(=O)C(=O)N(c3ccc(Cl)cc3)C2c2ccc(OC)c(OCC)c2)cc1. The van der Waals surface area contributed by atoms with E-state index in [9.17, 15) is 14.7 Å². The Morgan fingerprint density at radius 1 is 0.946 bits per heavy atom. The lowest BCUT2D eigenvalue weighted by Gasteiger charge is -2.26. The lowest BCUT2D eigenvalue weighted by molar-refractivity contribution is -0.132. The van der Waals surface area contributed by atoms with Crippen LogP contribution in [0, 0.1) is 0 Å². The number of amides is 1. The summed E-state index contributed by atoms with van der Waals surface area (Å²) >= 11 is 6.07. The van der Waals surface area contributed by atoms with Crippen LogP contribution in [0.25, 0.3) is 5.76 Å². The number of ketones is 1. The Labute approximate surface area is 220 Å². The molecule has 1 unspecified atom stereocenters. The van der Waals surface area contributed by atoms with Gasteiger partial charge in [-0.2, -0.15) is 0 Å². The number of Topliss-reactive ketones (excluding diaryl/α,β-unsaturated/α-hetero) is 1. The Hall–Kier alpha value is -3.97. The number of carbonyl (C=O) groups excluding carboxylic acids is 2. The number of aliphatic hydroxyl groups is 1. The number of anilines is 1. The fraction of sp³-hybridized carbons (Fsp3) is 0.241. The molecule has 4 rings (SSSR count). The molecule has 0 aromatic heterocycles. The highest BCUT2D eigenvalue weighted by molar-refractivity contribution is 6.51. The normalized spacial score (nSPS) is 16.6. The number of ether oxygens (including phenoxy) is 3. The lowest BCUT2D eigenvalue weighted by Crippen LogP contribution is -2.29. The number of rotatable bonds is 9. The van der Waals surface area contributed by atoms with Gasteiger partial charge in [0.2, 0.25) is 0 Å². The van der Waals surface area contributed by atoms with Crippen LogP contribution in [0.5, 0.6) is 17.2 Å². The van der Waals surface area contributed by atoms with Crippen molar-refractivity contribution in [2.45, 2.75) is 26.3 Å². The first-order valence-corrected chi connectivity index (χ1v) is 12.4. The molecule has 1 saturated heterocycles. The molecule has 0 spiro atoms. The van der Waals surface area contributed by atoms with Gasteiger partial charge in [0.1, 0.15) is 11.5 Å². The number of nitrogens with zero attached hydrogens (tertiary/aromatic N) is 1. The Bertz CT molecular complexity index is 1320. The van der Waals surface area contributed by atoms with Crippen LogP contribution in [0.1, 0.15) is 37.4 Å². The third kappa shape index (κ3) is 5.27. The second kappa shape index (κ2) is 11.4. The molecule has 1 aliphatic heterocycles. The summed E-state index contributed by atoms with van der Waals surface area (Å²) in [4.78, 5) is 28.1. The van der Waals surface area contributed by atoms with Gasteiger partial charge < -0.3 is 19.3 Å². The zero-order valence-electron chi connectivity index (χ0n) is 20.9. The highest BCUT2D eigenvalue weighted by atomic mass is 35.5. The van der Waals surface area contributed by atoms with Gasteiger partial charge in [0, 0.05) is 16.3 Å². The minimum atomic E-state index is -0.915. The summed E-state index contributed by atoms with van der Waals surface area (Å²) in [6, 6.07) is 17.6. The van der Waals surface area contributed by atoms with E-state index in [4.69, 9.17) is 25.8 Å². The van der Waals surface area contributed by atoms with Crippen molar-refractivity contribution >= 4 is 34.7 Å². The molecule has 0 bridgehead atoms. The van der Waals surface area contributed by atoms with Gasteiger partial charge in [-0.1, -0.05) is 24.6 Å². The molecular formula is C29H28ClNO6. The second-order valence-corrected chi connectivity index (χ2v) is 8.80. The van der Waals surface area contributed by atoms with Crippen LogP contribution in [0.4, 0.5) is 5.69 Å². The van der Waals surface area contributed by atoms with Crippen LogP contribution >= 0.6 is 11.6 Å². The summed E-state index contributed by atoms with van der Waals surface area (Å²) in [5.41, 5.74) is 1.40. The van der Waals surface area contributed by atoms with Gasteiger partial charge in [-0.25, -0.2) is 0 Å². The van der Waals surface area contributed by atoms with Crippen LogP contribution < -0.4 is 19.1 Å². The zero-order chi connectivity index (χ0) is 26.5. The highest BCUT2D eigenvalue weighted by Gasteiger charge is 2.47. The lowest BCUT2D eigenvalue weighted by atomic mass is 9.94. The summed E-state index contributed by atoms with van der Waals surface area (Å²) in [6.45, 7) is 4.82. The van der Waals surface area contributed by atoms with Gasteiger partial charge in [-0.3, -0.25) is 14.5 Å². The first-order chi connectivity index (χ1) is 17.9. The monoisotopic (exact) mass is 521 g/mol. The molecule has 1 aliphatic rings. The molecule has 8 heteroatoms. The van der Waals surface area contributed by atoms with E-state index in [0.29, 0.717) is 52.3 Å². The van der Waals surface area contributed by atoms with E-state index in [2.05, 4.69) is 0 Å². The molecule has 1 N–H and O–H groups in total. The van der Waals surface area contributed by atoms with Crippen molar-refractivity contribution in [3.63, 3.8) is 0 Å². The molecule has 0 radical (unpaired) electrons. The molecule has 0 saturated carbocycles. The number of methoxy groups -OCH3 is 1. The van der Waals surface area contributed by atoms with Gasteiger partial charge in [0.15, 0.2) is 11.5 Å². The summed E-state index contributed by atoms with van der Waals surface area (Å²) in [7, 11) is 1.53. The number of aliphatic hydroxyl groups excluding tert-OH is 1. The molecule has 1 amide bonds. The third-order valence-electron chi connectivity index (χ3n) is 5.95. The first-order valence-electron chi connectivity index (χ1n) is 12.0. The average Bonchev–Trinajstić information content (AvgIpc) is 3.18. The van der Waals surface area contributed by atoms with Gasteiger partial charge >= 0.3 is 0 Å². The smallest absolute Gasteiger partial charge is 0.300 e. The molecule has 7 nitrogen and oxygen atoms in total. The van der Waals surface area contributed by atoms with E-state index in [1.54, 1.807) is 66.7 Å². The summed E-state index contributed by atoms with van der Waals surface area (Å²) in [5.74, 6) is -0.217. The molecule has 192 valence electrons. The average molecular weight is 522 g/mol. The van der Waals surface area contributed by atoms with Crippen molar-refractivity contribution in [3.05, 3.63) is 88.5 Å². The van der Waals surface area contributed by atoms with E-state index in [1.807, 2.05) is 13.8 Å². The van der Waals surface area contributed by atoms with E-state index in [-0.39, 0.29) is 11.3 Å². The zero-order valence-corrected chi connectivity index (χ0v) is 21.6. The van der Waals surface area contributed by atoms with Gasteiger partial charge in [0.25, 0.3) is 11.7 Å². The Balaban J connectivity index is 1.88. The molecular weight excluding hydrogens is 494 g/mol. The molecule has 0 aliphatic carbocycles. The van der Waals surface area contributed by atoms with Crippen molar-refractivity contribution in [3.8, 4) is 17.2 Å². The van der Waals surface area contributed by atoms with Crippen molar-refractivity contribution in [2.24, 2.45) is 0 Å². The number of hydrogen-bond donors (Lipinski definition) is 1. The maximum Gasteiger partial charge on any atom is 0.300 e. The van der Waals surface area contributed by atoms with Crippen LogP contribution in [0.3, 0.4) is 0 Å². The minimum Gasteiger partial charge on any atom is -0.507 e. The van der Waals surface area contributed by atoms with Crippen molar-refractivity contribution in [2.75, 3.05) is 25.2 Å².